The zero-order chi connectivity index (χ0) is 66.1. The highest BCUT2D eigenvalue weighted by atomic mass is 16.2. The number of carbonyl (C=O) groups excluding carboxylic acids is 17. The molecule has 85 heavy (non-hydrogen) atoms. The van der Waals surface area contributed by atoms with Crippen molar-refractivity contribution in [1.82, 2.24) is 90.4 Å². The Hall–Kier alpha value is -9.01. The van der Waals surface area contributed by atoms with Gasteiger partial charge in [-0.3, -0.25) is 81.5 Å². The molecule has 0 aliphatic carbocycles. The largest absolute Gasteiger partial charge is 0.357 e. The molecule has 0 rings (SSSR count). The third-order valence-electron chi connectivity index (χ3n) is 12.3. The van der Waals surface area contributed by atoms with Crippen LogP contribution in [0.25, 0.3) is 0 Å². The lowest BCUT2D eigenvalue weighted by atomic mass is 10.2. The standard InChI is InChI=1S/C51H87N17O17/c1-19(36(70)52-18)54-38(72)21(3)56-40(74)23(5)58-42(76)25(7)60-44(78)27(9)62-46(80)29(11)64-48(82)31(13)66-50(84)33(15)68-51(85)34(16)67-49(83)32(14)65-47(81)30(12)63-45(79)28(10)61-43(77)26(8)59-41(75)24(6)57-39(73)22(4)55-37(71)20(2)53-35(17)69/h19-34H,1-18H3,(H,52,70)(H,53,69)(H,54,72)(H,55,71)(H,56,74)(H,57,73)(H,58,76)(H,59,75)(H,60,78)(H,61,77)(H,62,80)(H,63,79)(H,64,82)(H,65,81)(H,66,84)(H,67,83)(H,68,85)/t19-,20-,21-,22-,23-,24-,25-,26-,27-,28-,29-,30-,31-,32-,33-,34-/m0/s1. The zero-order valence-electron chi connectivity index (χ0n) is 51.2. The molecule has 0 saturated carbocycles. The lowest BCUT2D eigenvalue weighted by Gasteiger charge is -2.24. The van der Waals surface area contributed by atoms with E-state index in [1.165, 1.54) is 125 Å². The monoisotopic (exact) mass is 1210 g/mol. The SMILES string of the molecule is CNC(=O)[C@H](C)NC(=O)[C@H](C)NC(=O)[C@H](C)NC(=O)[C@H](C)NC(=O)[C@H](C)NC(=O)[C@H](C)NC(=O)[C@H](C)NC(=O)[C@H](C)NC(=O)[C@H](C)NC(=O)[C@H](C)NC(=O)[C@H](C)NC(=O)[C@H](C)NC(=O)[C@H](C)NC(=O)[C@H](C)NC(=O)[C@H](C)NC(=O)[C@H](C)NC(C)=O. The molecule has 17 N–H and O–H groups in total. The number of carbonyl (C=O) groups is 17. The quantitative estimate of drug-likeness (QED) is 0.0297. The second kappa shape index (κ2) is 35.9. The lowest BCUT2D eigenvalue weighted by Crippen LogP contribution is -2.59. The molecule has 0 aliphatic heterocycles. The summed E-state index contributed by atoms with van der Waals surface area (Å²) in [5.74, 6) is -12.7. The Morgan fingerprint density at radius 3 is 0.329 bits per heavy atom. The van der Waals surface area contributed by atoms with Crippen LogP contribution in [-0.2, 0) is 81.5 Å². The number of rotatable bonds is 32. The molecule has 0 bridgehead atoms. The van der Waals surface area contributed by atoms with Crippen LogP contribution < -0.4 is 90.4 Å². The fourth-order valence-corrected chi connectivity index (χ4v) is 6.65. The van der Waals surface area contributed by atoms with Gasteiger partial charge in [-0.25, -0.2) is 0 Å². The van der Waals surface area contributed by atoms with Crippen molar-refractivity contribution in [2.45, 2.75) is 214 Å². The maximum Gasteiger partial charge on any atom is 0.242 e. The number of nitrogens with one attached hydrogen (secondary N) is 17. The van der Waals surface area contributed by atoms with Crippen LogP contribution in [-0.4, -0.2) is 204 Å². The van der Waals surface area contributed by atoms with Crippen molar-refractivity contribution >= 4 is 100 Å². The van der Waals surface area contributed by atoms with E-state index in [0.717, 1.165) is 0 Å². The van der Waals surface area contributed by atoms with E-state index in [4.69, 9.17) is 0 Å². The van der Waals surface area contributed by atoms with Gasteiger partial charge < -0.3 is 90.4 Å². The van der Waals surface area contributed by atoms with E-state index in [-0.39, 0.29) is 0 Å². The highest BCUT2D eigenvalue weighted by Crippen LogP contribution is 1.99. The van der Waals surface area contributed by atoms with Gasteiger partial charge in [-0.05, 0) is 111 Å². The summed E-state index contributed by atoms with van der Waals surface area (Å²) in [6, 6.07) is -18.8. The highest BCUT2D eigenvalue weighted by molar-refractivity contribution is 6.00. The Balaban J connectivity index is 5.00. The van der Waals surface area contributed by atoms with E-state index in [2.05, 4.69) is 90.4 Å². The topological polar surface area (TPSA) is 495 Å². The van der Waals surface area contributed by atoms with Gasteiger partial charge in [0.05, 0.1) is 0 Å². The second-order valence-electron chi connectivity index (χ2n) is 20.5. The van der Waals surface area contributed by atoms with Crippen LogP contribution in [0.5, 0.6) is 0 Å². The van der Waals surface area contributed by atoms with Gasteiger partial charge in [-0.1, -0.05) is 0 Å². The van der Waals surface area contributed by atoms with E-state index in [1.807, 2.05) is 0 Å². The van der Waals surface area contributed by atoms with Gasteiger partial charge in [0.1, 0.15) is 96.7 Å². The van der Waals surface area contributed by atoms with Crippen LogP contribution in [0.4, 0.5) is 0 Å². The van der Waals surface area contributed by atoms with Gasteiger partial charge in [0, 0.05) is 14.0 Å². The second-order valence-corrected chi connectivity index (χ2v) is 20.5. The van der Waals surface area contributed by atoms with Crippen LogP contribution in [0.2, 0.25) is 0 Å². The minimum Gasteiger partial charge on any atom is -0.357 e. The van der Waals surface area contributed by atoms with Crippen molar-refractivity contribution in [2.24, 2.45) is 0 Å². The van der Waals surface area contributed by atoms with E-state index in [9.17, 15) is 81.5 Å². The normalized spacial score (nSPS) is 16.4. The summed E-state index contributed by atoms with van der Waals surface area (Å²) in [6.45, 7) is 22.4. The predicted molar refractivity (Wildman–Crippen MR) is 301 cm³/mol. The smallest absolute Gasteiger partial charge is 0.242 e. The number of likely N-dealkylation sites (N-methyl/N-ethyl adjacent to an activating group) is 1. The molecule has 0 heterocycles. The van der Waals surface area contributed by atoms with Crippen molar-refractivity contribution in [1.29, 1.82) is 0 Å². The molecule has 0 aromatic rings. The first-order chi connectivity index (χ1) is 39.1. The lowest BCUT2D eigenvalue weighted by molar-refractivity contribution is -0.135. The summed E-state index contributed by atoms with van der Waals surface area (Å²) >= 11 is 0. The summed E-state index contributed by atoms with van der Waals surface area (Å²) in [5.41, 5.74) is 0. The zero-order valence-corrected chi connectivity index (χ0v) is 51.2. The first kappa shape index (κ1) is 76.0. The molecular weight excluding hydrogens is 1120 g/mol. The van der Waals surface area contributed by atoms with Gasteiger partial charge in [-0.15, -0.1) is 0 Å². The molecule has 0 unspecified atom stereocenters. The van der Waals surface area contributed by atoms with Gasteiger partial charge in [0.25, 0.3) is 0 Å². The number of amides is 17. The Bertz CT molecular complexity index is 2510. The molecule has 0 spiro atoms. The van der Waals surface area contributed by atoms with Crippen LogP contribution in [0.15, 0.2) is 0 Å². The summed E-state index contributed by atoms with van der Waals surface area (Å²) in [7, 11) is 1.39. The number of hydrogen-bond donors (Lipinski definition) is 17. The molecule has 0 saturated heterocycles. The summed E-state index contributed by atoms with van der Waals surface area (Å²) in [4.78, 5) is 214. The molecule has 0 aromatic carbocycles. The first-order valence-electron chi connectivity index (χ1n) is 27.2. The fourth-order valence-electron chi connectivity index (χ4n) is 6.65. The van der Waals surface area contributed by atoms with Crippen LogP contribution in [0, 0.1) is 0 Å². The Labute approximate surface area is 492 Å². The van der Waals surface area contributed by atoms with E-state index >= 15 is 0 Å². The molecule has 16 atom stereocenters. The maximum absolute atomic E-state index is 13.0. The third-order valence-corrected chi connectivity index (χ3v) is 12.3. The summed E-state index contributed by atoms with van der Waals surface area (Å²) in [5, 5.41) is 40.5. The molecule has 17 amide bonds. The number of hydrogen-bond acceptors (Lipinski definition) is 17. The third kappa shape index (κ3) is 27.3. The minimum absolute atomic E-state index is 0.454. The van der Waals surface area contributed by atoms with E-state index < -0.39 is 197 Å². The molecule has 0 aliphatic rings. The Morgan fingerprint density at radius 2 is 0.247 bits per heavy atom. The average molecular weight is 1210 g/mol. The van der Waals surface area contributed by atoms with Gasteiger partial charge in [0.15, 0.2) is 0 Å². The Kier molecular flexibility index (Phi) is 32.1. The van der Waals surface area contributed by atoms with Crippen LogP contribution in [0.1, 0.15) is 118 Å². The predicted octanol–water partition coefficient (Wildman–Crippen LogP) is -8.17. The maximum atomic E-state index is 13.0. The van der Waals surface area contributed by atoms with Crippen molar-refractivity contribution in [3.05, 3.63) is 0 Å². The fraction of sp³-hybridized carbons (Fsp3) is 0.667. The Morgan fingerprint density at radius 1 is 0.165 bits per heavy atom. The van der Waals surface area contributed by atoms with E-state index in [0.29, 0.717) is 0 Å². The summed E-state index contributed by atoms with van der Waals surface area (Å²) < 4.78 is 0. The van der Waals surface area contributed by atoms with Crippen molar-refractivity contribution < 1.29 is 81.5 Å². The molecule has 34 nitrogen and oxygen atoms in total. The van der Waals surface area contributed by atoms with Gasteiger partial charge >= 0.3 is 0 Å². The highest BCUT2D eigenvalue weighted by Gasteiger charge is 2.32. The molecule has 34 heteroatoms. The summed E-state index contributed by atoms with van der Waals surface area (Å²) in [6.07, 6.45) is 0. The van der Waals surface area contributed by atoms with Crippen molar-refractivity contribution in [2.75, 3.05) is 7.05 Å². The van der Waals surface area contributed by atoms with Crippen LogP contribution in [0.3, 0.4) is 0 Å². The molecule has 478 valence electrons. The van der Waals surface area contributed by atoms with Gasteiger partial charge in [0.2, 0.25) is 100 Å². The van der Waals surface area contributed by atoms with Gasteiger partial charge in [-0.2, -0.15) is 0 Å². The van der Waals surface area contributed by atoms with Crippen LogP contribution >= 0.6 is 0 Å². The van der Waals surface area contributed by atoms with Crippen molar-refractivity contribution in [3.63, 3.8) is 0 Å². The average Bonchev–Trinajstić information content (AvgIpc) is 3.55. The molecule has 0 fully saturated rings. The minimum atomic E-state index is -1.27. The van der Waals surface area contributed by atoms with Crippen molar-refractivity contribution in [3.8, 4) is 0 Å². The first-order valence-corrected chi connectivity index (χ1v) is 27.2. The molecule has 0 radical (unpaired) electrons. The molecular formula is C51H87N17O17. The molecule has 0 aromatic heterocycles. The van der Waals surface area contributed by atoms with E-state index in [1.54, 1.807) is 0 Å².